The molecule has 0 amide bonds. The van der Waals surface area contributed by atoms with E-state index in [1.165, 1.54) is 0 Å². The number of alkyl halides is 1. The Kier molecular flexibility index (Phi) is 3.92. The van der Waals surface area contributed by atoms with Crippen molar-refractivity contribution in [2.24, 2.45) is 0 Å². The maximum Gasteiger partial charge on any atom is 0.119 e. The van der Waals surface area contributed by atoms with Crippen LogP contribution < -0.4 is 4.74 Å². The number of hydrogen-bond donors (Lipinski definition) is 0. The molecule has 1 aliphatic rings. The summed E-state index contributed by atoms with van der Waals surface area (Å²) >= 11 is 5.72. The van der Waals surface area contributed by atoms with E-state index >= 15 is 0 Å². The van der Waals surface area contributed by atoms with Gasteiger partial charge in [-0.1, -0.05) is 25.0 Å². The lowest BCUT2D eigenvalue weighted by Crippen LogP contribution is -2.29. The van der Waals surface area contributed by atoms with Gasteiger partial charge in [0.15, 0.2) is 0 Å². The molecule has 0 radical (unpaired) electrons. The number of halogens is 1. The summed E-state index contributed by atoms with van der Waals surface area (Å²) in [6, 6.07) is 6.74. The molecule has 0 N–H and O–H groups in total. The minimum Gasteiger partial charge on any atom is -0.492 e. The zero-order valence-electron chi connectivity index (χ0n) is 14.5. The summed E-state index contributed by atoms with van der Waals surface area (Å²) in [5.41, 5.74) is 0.908. The van der Waals surface area contributed by atoms with Gasteiger partial charge >= 0.3 is 0 Å². The zero-order chi connectivity index (χ0) is 16.2. The van der Waals surface area contributed by atoms with E-state index in [1.807, 2.05) is 0 Å². The van der Waals surface area contributed by atoms with Gasteiger partial charge in [0.05, 0.1) is 2.74 Å². The molecule has 1 heterocycles. The Morgan fingerprint density at radius 3 is 2.39 bits per heavy atom. The Balaban J connectivity index is 2.11. The molecule has 0 bridgehead atoms. The second kappa shape index (κ2) is 7.65. The number of benzene rings is 1. The molecule has 3 heteroatoms. The first-order valence-electron chi connectivity index (χ1n) is 8.46. The standard InChI is InChI=1S/C15H22ClNO/c16-13-14-5-7-15(8-6-14)18-12-11-17-9-3-1-2-4-10-17/h5-8H,1-4,9-13H2/i11D2,12D2. The summed E-state index contributed by atoms with van der Waals surface area (Å²) in [6.07, 6.45) is 3.91. The van der Waals surface area contributed by atoms with E-state index < -0.39 is 13.1 Å². The van der Waals surface area contributed by atoms with Crippen molar-refractivity contribution in [1.29, 1.82) is 0 Å². The van der Waals surface area contributed by atoms with E-state index in [1.54, 1.807) is 29.2 Å². The van der Waals surface area contributed by atoms with Gasteiger partial charge in [0, 0.05) is 15.1 Å². The van der Waals surface area contributed by atoms with Crippen LogP contribution in [0.5, 0.6) is 5.75 Å². The van der Waals surface area contributed by atoms with Crippen LogP contribution in [0.1, 0.15) is 36.7 Å². The third-order valence-electron chi connectivity index (χ3n) is 3.06. The van der Waals surface area contributed by atoms with Gasteiger partial charge in [-0.3, -0.25) is 4.90 Å². The van der Waals surface area contributed by atoms with E-state index in [9.17, 15) is 0 Å². The minimum atomic E-state index is -2.43. The molecule has 0 atom stereocenters. The molecular formula is C15H22ClNO. The molecule has 0 spiro atoms. The molecule has 2 nitrogen and oxygen atoms in total. The quantitative estimate of drug-likeness (QED) is 0.758. The maximum absolute atomic E-state index is 8.22. The molecular weight excluding hydrogens is 246 g/mol. The lowest BCUT2D eigenvalue weighted by atomic mass is 10.2. The van der Waals surface area contributed by atoms with Crippen LogP contribution in [0.4, 0.5) is 0 Å². The highest BCUT2D eigenvalue weighted by molar-refractivity contribution is 6.17. The summed E-state index contributed by atoms with van der Waals surface area (Å²) in [4.78, 5) is 1.56. The number of hydrogen-bond acceptors (Lipinski definition) is 2. The molecule has 0 unspecified atom stereocenters. The fourth-order valence-electron chi connectivity index (χ4n) is 1.98. The van der Waals surface area contributed by atoms with Crippen molar-refractivity contribution in [2.45, 2.75) is 31.6 Å². The predicted octanol–water partition coefficient (Wildman–Crippen LogP) is 3.68. The minimum absolute atomic E-state index is 0.303. The number of likely N-dealkylation sites (tertiary alicyclic amines) is 1. The monoisotopic (exact) mass is 271 g/mol. The molecule has 1 aromatic carbocycles. The third-order valence-corrected chi connectivity index (χ3v) is 3.36. The van der Waals surface area contributed by atoms with Gasteiger partial charge in [0.2, 0.25) is 0 Å². The van der Waals surface area contributed by atoms with Crippen molar-refractivity contribution in [2.75, 3.05) is 26.1 Å². The maximum atomic E-state index is 8.22. The predicted molar refractivity (Wildman–Crippen MR) is 76.4 cm³/mol. The van der Waals surface area contributed by atoms with Crippen molar-refractivity contribution in [1.82, 2.24) is 4.90 Å². The van der Waals surface area contributed by atoms with Crippen LogP contribution in [0.2, 0.25) is 0 Å². The second-order valence-corrected chi connectivity index (χ2v) is 4.76. The lowest BCUT2D eigenvalue weighted by Gasteiger charge is -2.19. The summed E-state index contributed by atoms with van der Waals surface area (Å²) in [5.74, 6) is 0.680. The topological polar surface area (TPSA) is 12.5 Å². The molecule has 0 aliphatic carbocycles. The zero-order valence-corrected chi connectivity index (χ0v) is 11.2. The van der Waals surface area contributed by atoms with Crippen molar-refractivity contribution in [3.63, 3.8) is 0 Å². The first kappa shape index (κ1) is 9.22. The third kappa shape index (κ3) is 4.51. The van der Waals surface area contributed by atoms with E-state index in [0.717, 1.165) is 31.2 Å². The SMILES string of the molecule is [2H]C([2H])(Oc1ccc(CCl)cc1)C([2H])([2H])N1CCCCCC1. The van der Waals surface area contributed by atoms with Crippen molar-refractivity contribution in [3.8, 4) is 5.75 Å². The van der Waals surface area contributed by atoms with Crippen LogP contribution in [-0.4, -0.2) is 31.0 Å². The number of nitrogens with zero attached hydrogens (tertiary/aromatic N) is 1. The molecule has 18 heavy (non-hydrogen) atoms. The normalized spacial score (nSPS) is 22.3. The van der Waals surface area contributed by atoms with Crippen molar-refractivity contribution >= 4 is 11.6 Å². The molecule has 0 saturated carbocycles. The average molecular weight is 272 g/mol. The van der Waals surface area contributed by atoms with E-state index in [2.05, 4.69) is 0 Å². The smallest absolute Gasteiger partial charge is 0.119 e. The number of rotatable bonds is 5. The first-order valence-corrected chi connectivity index (χ1v) is 6.99. The molecule has 0 aromatic heterocycles. The van der Waals surface area contributed by atoms with Gasteiger partial charge < -0.3 is 4.74 Å². The van der Waals surface area contributed by atoms with Crippen LogP contribution in [0, 0.1) is 0 Å². The molecule has 1 aromatic rings. The molecule has 1 saturated heterocycles. The Morgan fingerprint density at radius 1 is 1.11 bits per heavy atom. The van der Waals surface area contributed by atoms with E-state index in [-0.39, 0.29) is 0 Å². The van der Waals surface area contributed by atoms with Crippen LogP contribution in [-0.2, 0) is 5.88 Å². The summed E-state index contributed by atoms with van der Waals surface area (Å²) in [7, 11) is 0. The fraction of sp³-hybridized carbons (Fsp3) is 0.600. The molecule has 2 rings (SSSR count). The summed E-state index contributed by atoms with van der Waals surface area (Å²) < 4.78 is 37.9. The van der Waals surface area contributed by atoms with Crippen LogP contribution >= 0.6 is 11.6 Å². The molecule has 1 aliphatic heterocycles. The fourth-order valence-corrected chi connectivity index (χ4v) is 2.15. The lowest BCUT2D eigenvalue weighted by molar-refractivity contribution is 0.214. The Hall–Kier alpha value is -0.730. The molecule has 100 valence electrons. The number of ether oxygens (including phenoxy) is 1. The van der Waals surface area contributed by atoms with Gasteiger partial charge in [0.1, 0.15) is 12.3 Å². The highest BCUT2D eigenvalue weighted by atomic mass is 35.5. The Bertz CT molecular complexity index is 473. The van der Waals surface area contributed by atoms with Gasteiger partial charge in [-0.25, -0.2) is 0 Å². The second-order valence-electron chi connectivity index (χ2n) is 4.49. The van der Waals surface area contributed by atoms with E-state index in [4.69, 9.17) is 21.8 Å². The van der Waals surface area contributed by atoms with E-state index in [0.29, 0.717) is 24.7 Å². The van der Waals surface area contributed by atoms with Gasteiger partial charge in [-0.2, -0.15) is 0 Å². The van der Waals surface area contributed by atoms with Crippen LogP contribution in [0.3, 0.4) is 0 Å². The van der Waals surface area contributed by atoms with Crippen molar-refractivity contribution in [3.05, 3.63) is 29.8 Å². The van der Waals surface area contributed by atoms with Crippen LogP contribution in [0.25, 0.3) is 0 Å². The summed E-state index contributed by atoms with van der Waals surface area (Å²) in [5, 5.41) is 0. The van der Waals surface area contributed by atoms with Crippen LogP contribution in [0.15, 0.2) is 24.3 Å². The molecule has 1 fully saturated rings. The Labute approximate surface area is 121 Å². The van der Waals surface area contributed by atoms with Crippen molar-refractivity contribution < 1.29 is 10.2 Å². The highest BCUT2D eigenvalue weighted by Gasteiger charge is 2.08. The van der Waals surface area contributed by atoms with Gasteiger partial charge in [-0.05, 0) is 43.6 Å². The van der Waals surface area contributed by atoms with Gasteiger partial charge in [0.25, 0.3) is 0 Å². The average Bonchev–Trinajstić information content (AvgIpc) is 2.77. The largest absolute Gasteiger partial charge is 0.492 e. The Morgan fingerprint density at radius 2 is 1.78 bits per heavy atom. The van der Waals surface area contributed by atoms with Gasteiger partial charge in [-0.15, -0.1) is 11.6 Å². The summed E-state index contributed by atoms with van der Waals surface area (Å²) in [6.45, 7) is -3.50. The first-order chi connectivity index (χ1) is 10.4. The highest BCUT2D eigenvalue weighted by Crippen LogP contribution is 2.14.